The lowest BCUT2D eigenvalue weighted by atomic mass is 10.4. The van der Waals surface area contributed by atoms with Crippen molar-refractivity contribution >= 4 is 28.7 Å². The van der Waals surface area contributed by atoms with Gasteiger partial charge in [-0.05, 0) is 12.2 Å². The maximum absolute atomic E-state index is 4.43. The molecular weight excluding hydrogens is 246 g/mol. The average molecular weight is 265 g/mol. The van der Waals surface area contributed by atoms with Crippen molar-refractivity contribution in [1.82, 2.24) is 19.5 Å². The normalized spacial score (nSPS) is 11.1. The van der Waals surface area contributed by atoms with Gasteiger partial charge in [0.15, 0.2) is 17.0 Å². The molecule has 98 valence electrons. The van der Waals surface area contributed by atoms with Gasteiger partial charge in [-0.2, -0.15) is 11.8 Å². The Morgan fingerprint density at radius 2 is 2.06 bits per heavy atom. The van der Waals surface area contributed by atoms with E-state index in [4.69, 9.17) is 0 Å². The summed E-state index contributed by atoms with van der Waals surface area (Å²) in [6.45, 7) is 3.15. The fourth-order valence-corrected chi connectivity index (χ4v) is 2.59. The number of thioether (sulfide) groups is 1. The monoisotopic (exact) mass is 265 g/mol. The first-order valence-corrected chi connectivity index (χ1v) is 7.30. The van der Waals surface area contributed by atoms with Crippen LogP contribution < -0.4 is 4.90 Å². The molecule has 0 aliphatic heterocycles. The quantitative estimate of drug-likeness (QED) is 0.748. The predicted octanol–water partition coefficient (Wildman–Crippen LogP) is 2.04. The van der Waals surface area contributed by atoms with E-state index in [1.165, 1.54) is 12.2 Å². The molecule has 0 unspecified atom stereocenters. The van der Waals surface area contributed by atoms with Gasteiger partial charge >= 0.3 is 0 Å². The van der Waals surface area contributed by atoms with Crippen LogP contribution in [0.2, 0.25) is 0 Å². The largest absolute Gasteiger partial charge is 0.361 e. The van der Waals surface area contributed by atoms with E-state index in [9.17, 15) is 0 Å². The van der Waals surface area contributed by atoms with Crippen LogP contribution in [0, 0.1) is 0 Å². The summed E-state index contributed by atoms with van der Waals surface area (Å²) in [5.41, 5.74) is 1.80. The minimum absolute atomic E-state index is 0.875. The van der Waals surface area contributed by atoms with Crippen molar-refractivity contribution < 1.29 is 0 Å². The minimum atomic E-state index is 0.875. The van der Waals surface area contributed by atoms with Crippen molar-refractivity contribution in [2.24, 2.45) is 0 Å². The Morgan fingerprint density at radius 1 is 1.22 bits per heavy atom. The summed E-state index contributed by atoms with van der Waals surface area (Å²) in [7, 11) is 3.94. The van der Waals surface area contributed by atoms with Crippen molar-refractivity contribution in [3.8, 4) is 0 Å². The highest BCUT2D eigenvalue weighted by Gasteiger charge is 2.10. The van der Waals surface area contributed by atoms with Crippen LogP contribution in [0.15, 0.2) is 12.7 Å². The Kier molecular flexibility index (Phi) is 4.41. The first-order chi connectivity index (χ1) is 8.74. The molecule has 2 aromatic heterocycles. The number of hydrogen-bond donors (Lipinski definition) is 0. The molecule has 0 spiro atoms. The number of nitrogens with zero attached hydrogens (tertiary/aromatic N) is 5. The van der Waals surface area contributed by atoms with Crippen LogP contribution in [0.25, 0.3) is 11.2 Å². The second-order valence-corrected chi connectivity index (χ2v) is 5.54. The van der Waals surface area contributed by atoms with E-state index in [0.717, 1.165) is 29.3 Å². The Balaban J connectivity index is 2.18. The van der Waals surface area contributed by atoms with Crippen molar-refractivity contribution in [3.05, 3.63) is 12.7 Å². The molecule has 0 saturated carbocycles. The fourth-order valence-electron chi connectivity index (χ4n) is 1.77. The third-order valence-corrected chi connectivity index (χ3v) is 3.80. The lowest BCUT2D eigenvalue weighted by Gasteiger charge is -2.10. The topological polar surface area (TPSA) is 46.8 Å². The molecule has 6 heteroatoms. The Morgan fingerprint density at radius 3 is 2.78 bits per heavy atom. The summed E-state index contributed by atoms with van der Waals surface area (Å²) in [4.78, 5) is 15.0. The number of hydrogen-bond acceptors (Lipinski definition) is 5. The van der Waals surface area contributed by atoms with Crippen molar-refractivity contribution in [2.75, 3.05) is 30.5 Å². The van der Waals surface area contributed by atoms with E-state index in [0.29, 0.717) is 0 Å². The van der Waals surface area contributed by atoms with Gasteiger partial charge in [0.25, 0.3) is 0 Å². The summed E-state index contributed by atoms with van der Waals surface area (Å²) in [5.74, 6) is 3.19. The molecule has 2 aromatic rings. The van der Waals surface area contributed by atoms with Gasteiger partial charge in [-0.3, -0.25) is 0 Å². The Labute approximate surface area is 112 Å². The van der Waals surface area contributed by atoms with E-state index in [2.05, 4.69) is 26.4 Å². The van der Waals surface area contributed by atoms with E-state index in [1.807, 2.05) is 37.1 Å². The predicted molar refractivity (Wildman–Crippen MR) is 77.3 cm³/mol. The number of imidazole rings is 1. The second-order valence-electron chi connectivity index (χ2n) is 4.31. The summed E-state index contributed by atoms with van der Waals surface area (Å²) in [6.07, 6.45) is 4.69. The lowest BCUT2D eigenvalue weighted by Crippen LogP contribution is -2.11. The smallest absolute Gasteiger partial charge is 0.165 e. The molecule has 0 saturated heterocycles. The van der Waals surface area contributed by atoms with Crippen LogP contribution >= 0.6 is 11.8 Å². The van der Waals surface area contributed by atoms with Gasteiger partial charge in [0.05, 0.1) is 6.33 Å². The van der Waals surface area contributed by atoms with Crippen LogP contribution in [-0.2, 0) is 6.54 Å². The molecule has 0 amide bonds. The van der Waals surface area contributed by atoms with E-state index in [1.54, 1.807) is 6.33 Å². The molecule has 0 N–H and O–H groups in total. The number of aromatic nitrogens is 4. The van der Waals surface area contributed by atoms with E-state index in [-0.39, 0.29) is 0 Å². The maximum Gasteiger partial charge on any atom is 0.165 e. The SMILES string of the molecule is CCCSCCn1cnc2c(N(C)C)ncnc21. The fraction of sp³-hybridized carbons (Fsp3) is 0.583. The van der Waals surface area contributed by atoms with Gasteiger partial charge in [0.2, 0.25) is 0 Å². The number of anilines is 1. The van der Waals surface area contributed by atoms with E-state index < -0.39 is 0 Å². The van der Waals surface area contributed by atoms with Crippen LogP contribution in [0.4, 0.5) is 5.82 Å². The molecule has 0 aromatic carbocycles. The standard InChI is InChI=1S/C12H19N5S/c1-4-6-18-7-5-17-9-15-10-11(16(2)3)13-8-14-12(10)17/h8-9H,4-7H2,1-3H3. The molecule has 0 atom stereocenters. The summed E-state index contributed by atoms with van der Waals surface area (Å²) >= 11 is 1.97. The van der Waals surface area contributed by atoms with Crippen LogP contribution in [0.5, 0.6) is 0 Å². The number of aryl methyl sites for hydroxylation is 1. The average Bonchev–Trinajstić information content (AvgIpc) is 2.77. The molecule has 0 radical (unpaired) electrons. The molecule has 0 aliphatic carbocycles. The van der Waals surface area contributed by atoms with Crippen LogP contribution in [0.3, 0.4) is 0 Å². The molecule has 0 fully saturated rings. The van der Waals surface area contributed by atoms with Crippen LogP contribution in [-0.4, -0.2) is 45.1 Å². The third kappa shape index (κ3) is 2.75. The van der Waals surface area contributed by atoms with Gasteiger partial charge < -0.3 is 9.47 Å². The molecule has 0 bridgehead atoms. The van der Waals surface area contributed by atoms with E-state index >= 15 is 0 Å². The lowest BCUT2D eigenvalue weighted by molar-refractivity contribution is 0.785. The molecular formula is C12H19N5S. The van der Waals surface area contributed by atoms with Crippen molar-refractivity contribution in [1.29, 1.82) is 0 Å². The summed E-state index contributed by atoms with van der Waals surface area (Å²) in [6, 6.07) is 0. The molecule has 5 nitrogen and oxygen atoms in total. The first-order valence-electron chi connectivity index (χ1n) is 6.15. The zero-order valence-corrected chi connectivity index (χ0v) is 11.9. The highest BCUT2D eigenvalue weighted by Crippen LogP contribution is 2.19. The highest BCUT2D eigenvalue weighted by molar-refractivity contribution is 7.99. The van der Waals surface area contributed by atoms with Gasteiger partial charge in [-0.1, -0.05) is 6.92 Å². The molecule has 2 rings (SSSR count). The molecule has 18 heavy (non-hydrogen) atoms. The summed E-state index contributed by atoms with van der Waals surface area (Å²) in [5, 5.41) is 0. The number of rotatable bonds is 6. The highest BCUT2D eigenvalue weighted by atomic mass is 32.2. The van der Waals surface area contributed by atoms with Crippen LogP contribution in [0.1, 0.15) is 13.3 Å². The minimum Gasteiger partial charge on any atom is -0.361 e. The van der Waals surface area contributed by atoms with Gasteiger partial charge in [-0.25, -0.2) is 15.0 Å². The van der Waals surface area contributed by atoms with Gasteiger partial charge in [0, 0.05) is 26.4 Å². The Hall–Kier alpha value is -1.30. The zero-order valence-electron chi connectivity index (χ0n) is 11.1. The molecule has 0 aliphatic rings. The van der Waals surface area contributed by atoms with Crippen molar-refractivity contribution in [2.45, 2.75) is 19.9 Å². The second kappa shape index (κ2) is 6.04. The molecule has 2 heterocycles. The summed E-state index contributed by atoms with van der Waals surface area (Å²) < 4.78 is 2.10. The van der Waals surface area contributed by atoms with Gasteiger partial charge in [0.1, 0.15) is 6.33 Å². The third-order valence-electron chi connectivity index (χ3n) is 2.63. The maximum atomic E-state index is 4.43. The first kappa shape index (κ1) is 13.1. The number of fused-ring (bicyclic) bond motifs is 1. The van der Waals surface area contributed by atoms with Crippen molar-refractivity contribution in [3.63, 3.8) is 0 Å². The van der Waals surface area contributed by atoms with Gasteiger partial charge in [-0.15, -0.1) is 0 Å². The zero-order chi connectivity index (χ0) is 13.0. The Bertz CT molecular complexity index is 508.